The van der Waals surface area contributed by atoms with Gasteiger partial charge in [-0.2, -0.15) is 0 Å². The predicted octanol–water partition coefficient (Wildman–Crippen LogP) is 4.55. The van der Waals surface area contributed by atoms with E-state index in [1.54, 1.807) is 30.3 Å². The molecule has 0 aliphatic carbocycles. The summed E-state index contributed by atoms with van der Waals surface area (Å²) >= 11 is 0. The highest BCUT2D eigenvalue weighted by atomic mass is 16.7. The van der Waals surface area contributed by atoms with E-state index in [2.05, 4.69) is 10.6 Å². The number of hydrogen-bond acceptors (Lipinski definition) is 25. The quantitative estimate of drug-likeness (QED) is 0.0250. The number of carbonyl (C=O) groups is 10. The molecule has 10 N–H and O–H groups in total. The van der Waals surface area contributed by atoms with Crippen LogP contribution in [0.25, 0.3) is 0 Å². The van der Waals surface area contributed by atoms with Crippen LogP contribution in [0.15, 0.2) is 212 Å². The third-order valence-electron chi connectivity index (χ3n) is 19.6. The first-order valence-electron chi connectivity index (χ1n) is 40.3. The Balaban J connectivity index is 1.29. The van der Waals surface area contributed by atoms with Crippen LogP contribution in [0.5, 0.6) is 0 Å². The Morgan fingerprint density at radius 3 is 0.952 bits per heavy atom. The van der Waals surface area contributed by atoms with Gasteiger partial charge in [0.25, 0.3) is 0 Å². The number of carbonyl (C=O) groups excluding carboxylic acids is 2. The van der Waals surface area contributed by atoms with Crippen molar-refractivity contribution in [2.45, 2.75) is 101 Å². The normalized spacial score (nSPS) is 16.2. The third kappa shape index (κ3) is 38.2. The number of ether oxygens (including phenoxy) is 9. The minimum atomic E-state index is -1.74. The minimum Gasteiger partial charge on any atom is -0.480 e. The molecular weight excluding hydrogens is 1610 g/mol. The molecule has 0 bridgehead atoms. The lowest BCUT2D eigenvalue weighted by molar-refractivity contribution is -0.314. The number of amides is 2. The summed E-state index contributed by atoms with van der Waals surface area (Å²) < 4.78 is 63.7. The SMILES string of the molecule is O=C(O)CN(CCN(CC(=O)O)CC(=O)O)CCN(CC(=O)O)CC(=O)N[C@H]1[C@H](O[C@H](COCc2ccccc2)[C@@H](OCc2ccccc2)[C@H](OCc2ccccc2)[C@@H](COCc2ccccc2)NC(=O)CN(CCN(CCN(CC(=O)O)CC(=O)O)CC(=O)O)CC(=O)O)O[C@H](COCc2ccccc2)[C@@H](OCc2ccccc2)[C@@H]1OCc1ccccc1. The number of nitrogens with one attached hydrogen (secondary N) is 2. The maximum atomic E-state index is 15.7. The highest BCUT2D eigenvalue weighted by Gasteiger charge is 2.52. The molecule has 7 aromatic carbocycles. The number of benzene rings is 7. The summed E-state index contributed by atoms with van der Waals surface area (Å²) in [7, 11) is 0. The molecule has 1 fully saturated rings. The van der Waals surface area contributed by atoms with Crippen LogP contribution < -0.4 is 10.6 Å². The summed E-state index contributed by atoms with van der Waals surface area (Å²) in [5, 5.41) is 85.7. The average molecular weight is 1720 g/mol. The van der Waals surface area contributed by atoms with E-state index < -0.39 is 187 Å². The van der Waals surface area contributed by atoms with Crippen LogP contribution in [-0.4, -0.2) is 322 Å². The zero-order valence-corrected chi connectivity index (χ0v) is 68.7. The summed E-state index contributed by atoms with van der Waals surface area (Å²) in [5.41, 5.74) is 4.89. The Morgan fingerprint density at radius 2 is 0.597 bits per heavy atom. The molecular formula is C89H110N8O27. The monoisotopic (exact) mass is 1720 g/mol. The zero-order chi connectivity index (χ0) is 88.8. The summed E-state index contributed by atoms with van der Waals surface area (Å²) in [6, 6.07) is 61.0. The second-order valence-corrected chi connectivity index (χ2v) is 29.6. The van der Waals surface area contributed by atoms with Gasteiger partial charge in [0.15, 0.2) is 6.29 Å². The van der Waals surface area contributed by atoms with Crippen molar-refractivity contribution < 1.29 is 131 Å². The van der Waals surface area contributed by atoms with E-state index >= 15 is 9.59 Å². The predicted molar refractivity (Wildman–Crippen MR) is 445 cm³/mol. The molecule has 1 heterocycles. The second-order valence-electron chi connectivity index (χ2n) is 29.6. The van der Waals surface area contributed by atoms with Gasteiger partial charge in [0.1, 0.15) is 42.7 Å². The molecule has 124 heavy (non-hydrogen) atoms. The van der Waals surface area contributed by atoms with Crippen molar-refractivity contribution in [1.29, 1.82) is 0 Å². The van der Waals surface area contributed by atoms with Gasteiger partial charge < -0.3 is 94.1 Å². The first-order valence-corrected chi connectivity index (χ1v) is 40.3. The summed E-state index contributed by atoms with van der Waals surface area (Å²) in [6.45, 7) is -10.4. The van der Waals surface area contributed by atoms with Crippen molar-refractivity contribution in [3.63, 3.8) is 0 Å². The van der Waals surface area contributed by atoms with Gasteiger partial charge in [0.2, 0.25) is 11.8 Å². The standard InChI is InChI=1S/C89H110N8O27/c98-74(44-94(48-78(104)105)40-36-92(46-76(100)101)38-42-96(50-80(108)109)51-81(110)111)90-71(61-116-54-64-22-8-1-9-23-64)85(119-57-67-28-14-4-15-29-67)86(120-58-68-30-16-5-17-31-68)72(62-117-55-65-24-10-2-11-25-65)123-89-84(91-75(99)45-95(49-79(106)107)41-37-93(47-77(102)103)39-43-97(52-82(112)113)53-83(114)115)88(122-60-70-34-20-7-21-35-70)87(121-59-69-32-18-6-19-33-69)73(124-89)63-118-56-66-26-12-3-13-27-66/h1-35,71-73,84-89H,36-63H2,(H,90,98)(H,91,99)(H,100,101)(H,102,103)(H,104,105)(H,106,107)(H,108,109)(H,110,111)(H,112,113)(H,114,115)/t71-,72-,73-,84-,85-,86-,87-,88-,89-/m1/s1. The molecule has 1 saturated heterocycles. The highest BCUT2D eigenvalue weighted by Crippen LogP contribution is 2.33. The topological polar surface area (TPSA) is 459 Å². The van der Waals surface area contributed by atoms with Crippen molar-refractivity contribution in [3.05, 3.63) is 251 Å². The molecule has 8 rings (SSSR count). The molecule has 1 aliphatic heterocycles. The van der Waals surface area contributed by atoms with E-state index in [0.29, 0.717) is 22.3 Å². The number of carboxylic acids is 8. The molecule has 668 valence electrons. The van der Waals surface area contributed by atoms with E-state index in [0.717, 1.165) is 26.5 Å². The average Bonchev–Trinajstić information content (AvgIpc) is 0.775. The Labute approximate surface area is 718 Å². The van der Waals surface area contributed by atoms with Gasteiger partial charge >= 0.3 is 47.8 Å². The molecule has 0 aromatic heterocycles. The lowest BCUT2D eigenvalue weighted by Crippen LogP contribution is -2.68. The fraction of sp³-hybridized carbons (Fsp3) is 0.416. The van der Waals surface area contributed by atoms with Gasteiger partial charge in [-0.05, 0) is 38.9 Å². The lowest BCUT2D eigenvalue weighted by atomic mass is 9.95. The molecule has 0 spiro atoms. The van der Waals surface area contributed by atoms with Gasteiger partial charge in [-0.3, -0.25) is 77.3 Å². The summed E-state index contributed by atoms with van der Waals surface area (Å²) in [4.78, 5) is 136. The Morgan fingerprint density at radius 1 is 0.315 bits per heavy atom. The van der Waals surface area contributed by atoms with E-state index in [9.17, 15) is 79.2 Å². The molecule has 1 aliphatic rings. The molecule has 2 amide bonds. The maximum Gasteiger partial charge on any atom is 0.317 e. The molecule has 35 nitrogen and oxygen atoms in total. The van der Waals surface area contributed by atoms with Crippen LogP contribution in [0.4, 0.5) is 0 Å². The van der Waals surface area contributed by atoms with Crippen LogP contribution >= 0.6 is 0 Å². The largest absolute Gasteiger partial charge is 0.480 e. The summed E-state index contributed by atoms with van der Waals surface area (Å²) in [6.07, 6.45) is -9.88. The Kier molecular flexibility index (Phi) is 43.0. The number of carboxylic acid groups (broad SMARTS) is 8. The van der Waals surface area contributed by atoms with Crippen molar-refractivity contribution >= 4 is 59.6 Å². The first-order chi connectivity index (χ1) is 59.9. The fourth-order valence-electron chi connectivity index (χ4n) is 13.8. The van der Waals surface area contributed by atoms with Gasteiger partial charge in [0.05, 0.1) is 138 Å². The van der Waals surface area contributed by atoms with E-state index in [1.807, 2.05) is 182 Å². The fourth-order valence-corrected chi connectivity index (χ4v) is 13.8. The molecule has 9 atom stereocenters. The number of hydrogen-bond donors (Lipinski definition) is 10. The molecule has 0 radical (unpaired) electrons. The highest BCUT2D eigenvalue weighted by molar-refractivity contribution is 5.80. The molecule has 0 unspecified atom stereocenters. The lowest BCUT2D eigenvalue weighted by Gasteiger charge is -2.48. The van der Waals surface area contributed by atoms with Gasteiger partial charge in [-0.15, -0.1) is 0 Å². The van der Waals surface area contributed by atoms with Gasteiger partial charge in [-0.25, -0.2) is 0 Å². The van der Waals surface area contributed by atoms with E-state index in [4.69, 9.17) is 42.6 Å². The van der Waals surface area contributed by atoms with Crippen molar-refractivity contribution in [2.75, 3.05) is 138 Å². The van der Waals surface area contributed by atoms with Crippen LogP contribution in [0, 0.1) is 0 Å². The smallest absolute Gasteiger partial charge is 0.317 e. The van der Waals surface area contributed by atoms with Crippen LogP contribution in [-0.2, 0) is 137 Å². The van der Waals surface area contributed by atoms with Crippen LogP contribution in [0.3, 0.4) is 0 Å². The minimum absolute atomic E-state index is 0.0372. The number of rotatable bonds is 63. The molecule has 0 saturated carbocycles. The Hall–Kier alpha value is -11.4. The van der Waals surface area contributed by atoms with Crippen molar-refractivity contribution in [3.8, 4) is 0 Å². The van der Waals surface area contributed by atoms with Crippen molar-refractivity contribution in [1.82, 2.24) is 40.0 Å². The van der Waals surface area contributed by atoms with Crippen LogP contribution in [0.1, 0.15) is 38.9 Å². The van der Waals surface area contributed by atoms with Crippen molar-refractivity contribution in [2.24, 2.45) is 0 Å². The van der Waals surface area contributed by atoms with E-state index in [1.165, 1.54) is 19.6 Å². The molecule has 35 heteroatoms. The van der Waals surface area contributed by atoms with Gasteiger partial charge in [0, 0.05) is 52.4 Å². The van der Waals surface area contributed by atoms with Crippen LogP contribution in [0.2, 0.25) is 0 Å². The number of aliphatic carboxylic acids is 8. The van der Waals surface area contributed by atoms with E-state index in [-0.39, 0.29) is 112 Å². The summed E-state index contributed by atoms with van der Waals surface area (Å²) in [5.74, 6) is -12.4. The Bertz CT molecular complexity index is 4320. The second kappa shape index (κ2) is 54.3. The first kappa shape index (κ1) is 98.1. The third-order valence-corrected chi connectivity index (χ3v) is 19.6. The molecule has 7 aromatic rings. The zero-order valence-electron chi connectivity index (χ0n) is 68.7. The number of nitrogens with zero attached hydrogens (tertiary/aromatic N) is 6. The maximum absolute atomic E-state index is 15.7. The van der Waals surface area contributed by atoms with Gasteiger partial charge in [-0.1, -0.05) is 212 Å².